The van der Waals surface area contributed by atoms with Crippen molar-refractivity contribution in [3.05, 3.63) is 0 Å². The third kappa shape index (κ3) is 6.24. The molecule has 15 heavy (non-hydrogen) atoms. The molecule has 92 valence electrons. The van der Waals surface area contributed by atoms with E-state index < -0.39 is 8.80 Å². The van der Waals surface area contributed by atoms with Crippen LogP contribution < -0.4 is 5.32 Å². The second kappa shape index (κ2) is 9.26. The van der Waals surface area contributed by atoms with Crippen molar-refractivity contribution >= 4 is 8.80 Å². The van der Waals surface area contributed by atoms with Crippen LogP contribution in [0.3, 0.4) is 0 Å². The summed E-state index contributed by atoms with van der Waals surface area (Å²) in [6, 6.07) is 0.815. The molecule has 0 aromatic carbocycles. The molecule has 0 heterocycles. The minimum atomic E-state index is -2.37. The molecule has 6 heteroatoms. The Morgan fingerprint density at radius 3 is 2.13 bits per heavy atom. The van der Waals surface area contributed by atoms with Crippen molar-refractivity contribution in [3.8, 4) is 0 Å². The topological polar surface area (TPSA) is 49.0 Å². The highest BCUT2D eigenvalue weighted by Crippen LogP contribution is 2.14. The fraction of sp³-hybridized carbons (Fsp3) is 1.00. The van der Waals surface area contributed by atoms with Gasteiger partial charge < -0.3 is 18.0 Å². The summed E-state index contributed by atoms with van der Waals surface area (Å²) >= 11 is 0. The fourth-order valence-electron chi connectivity index (χ4n) is 1.23. The normalized spacial score (nSPS) is 12.0. The number of hydrogen-bond acceptors (Lipinski definition) is 5. The minimum absolute atomic E-state index is 0.595. The third-order valence-corrected chi connectivity index (χ3v) is 5.01. The van der Waals surface area contributed by atoms with Crippen LogP contribution in [-0.2, 0) is 18.0 Å². The van der Waals surface area contributed by atoms with Gasteiger partial charge in [0, 0.05) is 34.0 Å². The van der Waals surface area contributed by atoms with E-state index in [1.807, 2.05) is 6.92 Å². The van der Waals surface area contributed by atoms with Gasteiger partial charge in [0.2, 0.25) is 0 Å². The summed E-state index contributed by atoms with van der Waals surface area (Å²) in [5, 5.41) is 3.16. The van der Waals surface area contributed by atoms with Crippen molar-refractivity contribution in [2.75, 3.05) is 41.2 Å². The van der Waals surface area contributed by atoms with E-state index in [1.54, 1.807) is 21.3 Å². The lowest BCUT2D eigenvalue weighted by Gasteiger charge is -2.24. The maximum atomic E-state index is 5.30. The summed E-state index contributed by atoms with van der Waals surface area (Å²) in [5.74, 6) is 0. The van der Waals surface area contributed by atoms with Crippen LogP contribution in [0.25, 0.3) is 0 Å². The average Bonchev–Trinajstić information content (AvgIpc) is 2.29. The number of rotatable bonds is 10. The van der Waals surface area contributed by atoms with Crippen molar-refractivity contribution in [1.29, 1.82) is 0 Å². The molecule has 0 aromatic rings. The monoisotopic (exact) mass is 237 g/mol. The lowest BCUT2D eigenvalue weighted by atomic mass is 10.5. The summed E-state index contributed by atoms with van der Waals surface area (Å²) in [7, 11) is 2.53. The Hall–Kier alpha value is 0.0169. The number of hydrogen-bond donors (Lipinski definition) is 1. The second-order valence-corrected chi connectivity index (χ2v) is 6.13. The summed E-state index contributed by atoms with van der Waals surface area (Å²) < 4.78 is 21.0. The van der Waals surface area contributed by atoms with E-state index in [9.17, 15) is 0 Å². The van der Waals surface area contributed by atoms with Crippen molar-refractivity contribution in [2.45, 2.75) is 19.4 Å². The Bertz CT molecular complexity index is 136. The van der Waals surface area contributed by atoms with Gasteiger partial charge in [-0.1, -0.05) is 0 Å². The molecule has 0 aliphatic heterocycles. The molecular formula is C9H23NO4Si. The van der Waals surface area contributed by atoms with Gasteiger partial charge in [0.05, 0.1) is 6.73 Å². The SMILES string of the molecule is CCOCNCCC[Si](OC)(OC)OC. The first-order chi connectivity index (χ1) is 7.24. The second-order valence-electron chi connectivity index (χ2n) is 3.04. The predicted molar refractivity (Wildman–Crippen MR) is 60.7 cm³/mol. The van der Waals surface area contributed by atoms with Crippen LogP contribution in [0.5, 0.6) is 0 Å². The summed E-state index contributed by atoms with van der Waals surface area (Å²) in [4.78, 5) is 0. The Morgan fingerprint density at radius 2 is 1.67 bits per heavy atom. The van der Waals surface area contributed by atoms with Gasteiger partial charge in [-0.25, -0.2) is 0 Å². The molecule has 0 amide bonds. The molecule has 0 saturated carbocycles. The summed E-state index contributed by atoms with van der Waals surface area (Å²) in [6.07, 6.45) is 0.953. The summed E-state index contributed by atoms with van der Waals surface area (Å²) in [6.45, 7) is 4.18. The van der Waals surface area contributed by atoms with Gasteiger partial charge in [-0.15, -0.1) is 0 Å². The van der Waals surface area contributed by atoms with Gasteiger partial charge >= 0.3 is 8.80 Å². The van der Waals surface area contributed by atoms with Crippen LogP contribution in [0.2, 0.25) is 6.04 Å². The number of nitrogens with one attached hydrogen (secondary N) is 1. The molecule has 0 fully saturated rings. The summed E-state index contributed by atoms with van der Waals surface area (Å²) in [5.41, 5.74) is 0. The number of ether oxygens (including phenoxy) is 1. The van der Waals surface area contributed by atoms with Crippen molar-refractivity contribution in [1.82, 2.24) is 5.32 Å². The quantitative estimate of drug-likeness (QED) is 0.346. The fourth-order valence-corrected chi connectivity index (χ4v) is 2.95. The van der Waals surface area contributed by atoms with E-state index in [0.717, 1.165) is 25.6 Å². The van der Waals surface area contributed by atoms with Gasteiger partial charge in [0.1, 0.15) is 0 Å². The molecule has 0 spiro atoms. The van der Waals surface area contributed by atoms with Gasteiger partial charge in [0.25, 0.3) is 0 Å². The Morgan fingerprint density at radius 1 is 1.07 bits per heavy atom. The molecule has 0 saturated heterocycles. The highest BCUT2D eigenvalue weighted by atomic mass is 28.4. The van der Waals surface area contributed by atoms with E-state index in [0.29, 0.717) is 6.73 Å². The first-order valence-corrected chi connectivity index (χ1v) is 7.11. The van der Waals surface area contributed by atoms with Gasteiger partial charge in [-0.3, -0.25) is 5.32 Å². The van der Waals surface area contributed by atoms with Crippen LogP contribution in [0.1, 0.15) is 13.3 Å². The lowest BCUT2D eigenvalue weighted by molar-refractivity contribution is 0.118. The smallest absolute Gasteiger partial charge is 0.377 e. The van der Waals surface area contributed by atoms with E-state index >= 15 is 0 Å². The van der Waals surface area contributed by atoms with Crippen LogP contribution >= 0.6 is 0 Å². The Labute approximate surface area is 93.4 Å². The van der Waals surface area contributed by atoms with E-state index in [2.05, 4.69) is 5.32 Å². The molecule has 0 atom stereocenters. The standard InChI is InChI=1S/C9H23NO4Si/c1-5-14-9-10-7-6-8-15(11-2,12-3)13-4/h10H,5-9H2,1-4H3. The van der Waals surface area contributed by atoms with Crippen LogP contribution in [0.4, 0.5) is 0 Å². The van der Waals surface area contributed by atoms with Gasteiger partial charge in [-0.2, -0.15) is 0 Å². The predicted octanol–water partition coefficient (Wildman–Crippen LogP) is 0.838. The van der Waals surface area contributed by atoms with Crippen molar-refractivity contribution in [3.63, 3.8) is 0 Å². The van der Waals surface area contributed by atoms with E-state index in [4.69, 9.17) is 18.0 Å². The molecule has 5 nitrogen and oxygen atoms in total. The van der Waals surface area contributed by atoms with Crippen LogP contribution in [-0.4, -0.2) is 50.0 Å². The molecule has 0 rings (SSSR count). The van der Waals surface area contributed by atoms with Crippen molar-refractivity contribution < 1.29 is 18.0 Å². The zero-order valence-corrected chi connectivity index (χ0v) is 11.2. The molecule has 0 aliphatic rings. The molecule has 0 aromatic heterocycles. The molecule has 0 radical (unpaired) electrons. The first kappa shape index (κ1) is 15.0. The maximum absolute atomic E-state index is 5.30. The lowest BCUT2D eigenvalue weighted by Crippen LogP contribution is -2.43. The first-order valence-electron chi connectivity index (χ1n) is 5.18. The molecule has 0 unspecified atom stereocenters. The molecule has 0 aliphatic carbocycles. The largest absolute Gasteiger partial charge is 0.500 e. The minimum Gasteiger partial charge on any atom is -0.377 e. The third-order valence-electron chi connectivity index (χ3n) is 2.18. The Balaban J connectivity index is 3.54. The van der Waals surface area contributed by atoms with E-state index in [1.165, 1.54) is 0 Å². The van der Waals surface area contributed by atoms with Crippen LogP contribution in [0, 0.1) is 0 Å². The van der Waals surface area contributed by atoms with Gasteiger partial charge in [0.15, 0.2) is 0 Å². The molecule has 0 bridgehead atoms. The highest BCUT2D eigenvalue weighted by Gasteiger charge is 2.36. The highest BCUT2D eigenvalue weighted by molar-refractivity contribution is 6.60. The van der Waals surface area contributed by atoms with Crippen molar-refractivity contribution in [2.24, 2.45) is 0 Å². The molecular weight excluding hydrogens is 214 g/mol. The zero-order chi connectivity index (χ0) is 11.6. The Kier molecular flexibility index (Phi) is 9.27. The van der Waals surface area contributed by atoms with E-state index in [-0.39, 0.29) is 0 Å². The zero-order valence-electron chi connectivity index (χ0n) is 10.2. The molecule has 1 N–H and O–H groups in total. The van der Waals surface area contributed by atoms with Crippen LogP contribution in [0.15, 0.2) is 0 Å². The average molecular weight is 237 g/mol. The van der Waals surface area contributed by atoms with Gasteiger partial charge in [-0.05, 0) is 19.9 Å². The maximum Gasteiger partial charge on any atom is 0.500 e.